The highest BCUT2D eigenvalue weighted by molar-refractivity contribution is 5.75. The Labute approximate surface area is 136 Å². The summed E-state index contributed by atoms with van der Waals surface area (Å²) in [6.45, 7) is 5.57. The standard InChI is InChI=1S/C19H22FNO2/c1-4-21-12-15-9-13(2)5-7-16(15)17-10-14(6-8-18(17)20)11-19(22)23-3/h5-10,21H,4,11-12H2,1-3H3. The van der Waals surface area contributed by atoms with Crippen molar-refractivity contribution in [2.75, 3.05) is 13.7 Å². The van der Waals surface area contributed by atoms with Gasteiger partial charge in [-0.25, -0.2) is 4.39 Å². The lowest BCUT2D eigenvalue weighted by Gasteiger charge is -2.13. The molecule has 0 spiro atoms. The molecule has 0 aliphatic carbocycles. The van der Waals surface area contributed by atoms with Crippen LogP contribution in [0.25, 0.3) is 11.1 Å². The highest BCUT2D eigenvalue weighted by Crippen LogP contribution is 2.28. The second-order valence-electron chi connectivity index (χ2n) is 5.51. The SMILES string of the molecule is CCNCc1cc(C)ccc1-c1cc(CC(=O)OC)ccc1F. The van der Waals surface area contributed by atoms with E-state index < -0.39 is 0 Å². The van der Waals surface area contributed by atoms with Gasteiger partial charge in [-0.1, -0.05) is 36.8 Å². The molecule has 0 fully saturated rings. The number of esters is 1. The summed E-state index contributed by atoms with van der Waals surface area (Å²) in [5.74, 6) is -0.625. The minimum absolute atomic E-state index is 0.137. The number of carbonyl (C=O) groups is 1. The molecule has 0 saturated heterocycles. The first-order valence-electron chi connectivity index (χ1n) is 7.71. The summed E-state index contributed by atoms with van der Waals surface area (Å²) in [7, 11) is 1.35. The molecule has 0 amide bonds. The molecule has 0 unspecified atom stereocenters. The fourth-order valence-electron chi connectivity index (χ4n) is 2.52. The summed E-state index contributed by atoms with van der Waals surface area (Å²) in [6, 6.07) is 10.7. The minimum Gasteiger partial charge on any atom is -0.469 e. The number of aryl methyl sites for hydroxylation is 1. The van der Waals surface area contributed by atoms with Crippen molar-refractivity contribution in [2.24, 2.45) is 0 Å². The highest BCUT2D eigenvalue weighted by atomic mass is 19.1. The van der Waals surface area contributed by atoms with Gasteiger partial charge in [0.05, 0.1) is 13.5 Å². The predicted octanol–water partition coefficient (Wildman–Crippen LogP) is 3.63. The fourth-order valence-corrected chi connectivity index (χ4v) is 2.52. The van der Waals surface area contributed by atoms with Gasteiger partial charge in [-0.05, 0) is 42.3 Å². The maximum absolute atomic E-state index is 14.3. The smallest absolute Gasteiger partial charge is 0.309 e. The molecule has 3 nitrogen and oxygen atoms in total. The molecule has 2 aromatic carbocycles. The van der Waals surface area contributed by atoms with Crippen molar-refractivity contribution in [3.8, 4) is 11.1 Å². The average molecular weight is 315 g/mol. The van der Waals surface area contributed by atoms with Gasteiger partial charge in [-0.2, -0.15) is 0 Å². The van der Waals surface area contributed by atoms with E-state index in [0.29, 0.717) is 12.1 Å². The van der Waals surface area contributed by atoms with E-state index in [1.54, 1.807) is 12.1 Å². The molecule has 23 heavy (non-hydrogen) atoms. The number of halogens is 1. The molecule has 4 heteroatoms. The number of rotatable bonds is 6. The van der Waals surface area contributed by atoms with E-state index in [1.165, 1.54) is 13.2 Å². The van der Waals surface area contributed by atoms with Gasteiger partial charge in [0.25, 0.3) is 0 Å². The molecular formula is C19H22FNO2. The second-order valence-corrected chi connectivity index (χ2v) is 5.51. The molecule has 2 aromatic rings. The van der Waals surface area contributed by atoms with Crippen molar-refractivity contribution in [2.45, 2.75) is 26.8 Å². The van der Waals surface area contributed by atoms with Crippen LogP contribution in [0.2, 0.25) is 0 Å². The van der Waals surface area contributed by atoms with Crippen LogP contribution in [-0.4, -0.2) is 19.6 Å². The Morgan fingerprint density at radius 2 is 1.96 bits per heavy atom. The molecule has 0 atom stereocenters. The molecule has 0 radical (unpaired) electrons. The first-order chi connectivity index (χ1) is 11.0. The van der Waals surface area contributed by atoms with Crippen LogP contribution in [-0.2, 0) is 22.5 Å². The van der Waals surface area contributed by atoms with Gasteiger partial charge in [0.2, 0.25) is 0 Å². The minimum atomic E-state index is -0.334. The van der Waals surface area contributed by atoms with E-state index in [2.05, 4.69) is 16.1 Å². The fraction of sp³-hybridized carbons (Fsp3) is 0.316. The van der Waals surface area contributed by atoms with Gasteiger partial charge in [0.1, 0.15) is 5.82 Å². The largest absolute Gasteiger partial charge is 0.469 e. The first kappa shape index (κ1) is 17.2. The lowest BCUT2D eigenvalue weighted by Crippen LogP contribution is -2.13. The summed E-state index contributed by atoms with van der Waals surface area (Å²) in [5, 5.41) is 3.28. The van der Waals surface area contributed by atoms with Crippen LogP contribution in [0.15, 0.2) is 36.4 Å². The van der Waals surface area contributed by atoms with Crippen molar-refractivity contribution in [3.63, 3.8) is 0 Å². The summed E-state index contributed by atoms with van der Waals surface area (Å²) in [4.78, 5) is 11.4. The Hall–Kier alpha value is -2.20. The Morgan fingerprint density at radius 1 is 1.17 bits per heavy atom. The van der Waals surface area contributed by atoms with Crippen LogP contribution in [0.1, 0.15) is 23.6 Å². The lowest BCUT2D eigenvalue weighted by molar-refractivity contribution is -0.139. The summed E-state index contributed by atoms with van der Waals surface area (Å²) < 4.78 is 19.0. The van der Waals surface area contributed by atoms with Crippen molar-refractivity contribution in [3.05, 3.63) is 58.9 Å². The molecule has 0 saturated carbocycles. The highest BCUT2D eigenvalue weighted by Gasteiger charge is 2.12. The molecule has 0 heterocycles. The van der Waals surface area contributed by atoms with E-state index in [0.717, 1.165) is 28.8 Å². The number of carbonyl (C=O) groups excluding carboxylic acids is 1. The van der Waals surface area contributed by atoms with Crippen molar-refractivity contribution < 1.29 is 13.9 Å². The molecule has 1 N–H and O–H groups in total. The third-order valence-electron chi connectivity index (χ3n) is 3.72. The number of hydrogen-bond acceptors (Lipinski definition) is 3. The molecule has 0 aliphatic rings. The average Bonchev–Trinajstić information content (AvgIpc) is 2.55. The maximum atomic E-state index is 14.3. The van der Waals surface area contributed by atoms with Gasteiger partial charge >= 0.3 is 5.97 Å². The normalized spacial score (nSPS) is 10.6. The Morgan fingerprint density at radius 3 is 2.65 bits per heavy atom. The van der Waals surface area contributed by atoms with Crippen LogP contribution in [0.4, 0.5) is 4.39 Å². The summed E-state index contributed by atoms with van der Waals surface area (Å²) in [5.41, 5.74) is 4.28. The Kier molecular flexibility index (Phi) is 5.88. The number of ether oxygens (including phenoxy) is 1. The van der Waals surface area contributed by atoms with Crippen LogP contribution < -0.4 is 5.32 Å². The van der Waals surface area contributed by atoms with Crippen LogP contribution in [0, 0.1) is 12.7 Å². The quantitative estimate of drug-likeness (QED) is 0.827. The number of methoxy groups -OCH3 is 1. The van der Waals surface area contributed by atoms with Gasteiger partial charge < -0.3 is 10.1 Å². The summed E-state index contributed by atoms with van der Waals surface area (Å²) in [6.07, 6.45) is 0.137. The zero-order chi connectivity index (χ0) is 16.8. The third-order valence-corrected chi connectivity index (χ3v) is 3.72. The third kappa shape index (κ3) is 4.39. The van der Waals surface area contributed by atoms with Gasteiger partial charge in [0.15, 0.2) is 0 Å². The van der Waals surface area contributed by atoms with Crippen LogP contribution in [0.5, 0.6) is 0 Å². The number of benzene rings is 2. The lowest BCUT2D eigenvalue weighted by atomic mass is 9.95. The van der Waals surface area contributed by atoms with Gasteiger partial charge in [0, 0.05) is 12.1 Å². The summed E-state index contributed by atoms with van der Waals surface area (Å²) >= 11 is 0. The Balaban J connectivity index is 2.44. The van der Waals surface area contributed by atoms with E-state index in [1.807, 2.05) is 26.0 Å². The topological polar surface area (TPSA) is 38.3 Å². The molecule has 0 bridgehead atoms. The van der Waals surface area contributed by atoms with Crippen molar-refractivity contribution in [1.82, 2.24) is 5.32 Å². The van der Waals surface area contributed by atoms with Gasteiger partial charge in [-0.15, -0.1) is 0 Å². The van der Waals surface area contributed by atoms with Crippen molar-refractivity contribution >= 4 is 5.97 Å². The molecular weight excluding hydrogens is 293 g/mol. The maximum Gasteiger partial charge on any atom is 0.309 e. The van der Waals surface area contributed by atoms with E-state index in [4.69, 9.17) is 0 Å². The number of hydrogen-bond donors (Lipinski definition) is 1. The van der Waals surface area contributed by atoms with E-state index in [-0.39, 0.29) is 18.2 Å². The Bertz CT molecular complexity index is 698. The van der Waals surface area contributed by atoms with Crippen LogP contribution >= 0.6 is 0 Å². The van der Waals surface area contributed by atoms with E-state index in [9.17, 15) is 9.18 Å². The number of nitrogens with one attached hydrogen (secondary N) is 1. The van der Waals surface area contributed by atoms with E-state index >= 15 is 0 Å². The van der Waals surface area contributed by atoms with Crippen LogP contribution in [0.3, 0.4) is 0 Å². The second kappa shape index (κ2) is 7.88. The first-order valence-corrected chi connectivity index (χ1v) is 7.71. The molecule has 0 aliphatic heterocycles. The monoisotopic (exact) mass is 315 g/mol. The molecule has 122 valence electrons. The zero-order valence-electron chi connectivity index (χ0n) is 13.8. The zero-order valence-corrected chi connectivity index (χ0v) is 13.8. The van der Waals surface area contributed by atoms with Crippen molar-refractivity contribution in [1.29, 1.82) is 0 Å². The molecule has 2 rings (SSSR count). The predicted molar refractivity (Wildman–Crippen MR) is 89.7 cm³/mol. The van der Waals surface area contributed by atoms with Gasteiger partial charge in [-0.3, -0.25) is 4.79 Å². The molecule has 0 aromatic heterocycles.